The molecule has 1 heterocycles. The zero-order valence-electron chi connectivity index (χ0n) is 14.9. The summed E-state index contributed by atoms with van der Waals surface area (Å²) in [6.07, 6.45) is -2.09. The van der Waals surface area contributed by atoms with Crippen molar-refractivity contribution in [2.45, 2.75) is 24.9 Å². The average Bonchev–Trinajstić information content (AvgIpc) is 3.22. The van der Waals surface area contributed by atoms with Gasteiger partial charge in [-0.05, 0) is 28.3 Å². The Morgan fingerprint density at radius 1 is 1.17 bits per heavy atom. The number of carbonyl (C=O) groups is 1. The van der Waals surface area contributed by atoms with Crippen LogP contribution in [0.1, 0.15) is 16.7 Å². The number of halogens is 3. The highest BCUT2D eigenvalue weighted by atomic mass is 19.4. The number of nitrogens with two attached hydrogens (primary N) is 1. The number of aromatic nitrogens is 2. The van der Waals surface area contributed by atoms with Gasteiger partial charge in [-0.3, -0.25) is 9.48 Å². The van der Waals surface area contributed by atoms with Crippen LogP contribution in [0.4, 0.5) is 13.2 Å². The standard InChI is InChI=1S/C20H16F3N3O3/c21-20(22,23)19(29)15-3-1-2-12(10-27)18(15)14-5-4-11(6-16(14)19)13-7-25-26(8-13)9-17(24)28/h1-8,27,29H,9-10H2,(H2,24,28). The molecule has 0 bridgehead atoms. The van der Waals surface area contributed by atoms with Crippen molar-refractivity contribution in [3.05, 3.63) is 65.5 Å². The van der Waals surface area contributed by atoms with Crippen LogP contribution in [0.15, 0.2) is 48.8 Å². The Kier molecular flexibility index (Phi) is 4.25. The lowest BCUT2D eigenvalue weighted by atomic mass is 9.89. The van der Waals surface area contributed by atoms with Crippen LogP contribution in [-0.4, -0.2) is 32.1 Å². The Bertz CT molecular complexity index is 1120. The number of fused-ring (bicyclic) bond motifs is 3. The van der Waals surface area contributed by atoms with Crippen molar-refractivity contribution in [2.75, 3.05) is 0 Å². The molecule has 1 amide bonds. The molecule has 9 heteroatoms. The minimum atomic E-state index is -4.98. The highest BCUT2D eigenvalue weighted by Gasteiger charge is 2.61. The first-order valence-electron chi connectivity index (χ1n) is 8.65. The second kappa shape index (κ2) is 6.43. The summed E-state index contributed by atoms with van der Waals surface area (Å²) in [7, 11) is 0. The van der Waals surface area contributed by atoms with Crippen molar-refractivity contribution in [1.29, 1.82) is 0 Å². The number of aliphatic hydroxyl groups excluding tert-OH is 1. The van der Waals surface area contributed by atoms with Crippen molar-refractivity contribution < 1.29 is 28.2 Å². The highest BCUT2D eigenvalue weighted by molar-refractivity contribution is 5.85. The molecular formula is C20H16F3N3O3. The molecule has 1 aromatic heterocycles. The maximum atomic E-state index is 14.0. The van der Waals surface area contributed by atoms with Gasteiger partial charge in [-0.1, -0.05) is 30.3 Å². The quantitative estimate of drug-likeness (QED) is 0.622. The van der Waals surface area contributed by atoms with E-state index in [1.165, 1.54) is 47.4 Å². The summed E-state index contributed by atoms with van der Waals surface area (Å²) in [5, 5.41) is 24.4. The fraction of sp³-hybridized carbons (Fsp3) is 0.200. The van der Waals surface area contributed by atoms with Crippen LogP contribution in [0.3, 0.4) is 0 Å². The van der Waals surface area contributed by atoms with Gasteiger partial charge in [0, 0.05) is 22.9 Å². The molecule has 0 fully saturated rings. The molecule has 1 atom stereocenters. The van der Waals surface area contributed by atoms with E-state index in [9.17, 15) is 28.2 Å². The van der Waals surface area contributed by atoms with Gasteiger partial charge in [0.25, 0.3) is 0 Å². The number of amides is 1. The third-order valence-corrected chi connectivity index (χ3v) is 5.08. The van der Waals surface area contributed by atoms with E-state index in [0.717, 1.165) is 0 Å². The SMILES string of the molecule is NC(=O)Cn1cc(-c2ccc3c(c2)C(O)(C(F)(F)F)c2cccc(CO)c2-3)cn1. The lowest BCUT2D eigenvalue weighted by Gasteiger charge is -2.28. The summed E-state index contributed by atoms with van der Waals surface area (Å²) in [5.74, 6) is -0.605. The lowest BCUT2D eigenvalue weighted by molar-refractivity contribution is -0.246. The predicted molar refractivity (Wildman–Crippen MR) is 97.3 cm³/mol. The average molecular weight is 403 g/mol. The van der Waals surface area contributed by atoms with Crippen LogP contribution in [-0.2, 0) is 23.5 Å². The normalized spacial score (nSPS) is 17.8. The van der Waals surface area contributed by atoms with Gasteiger partial charge in [-0.15, -0.1) is 0 Å². The number of rotatable bonds is 4. The Morgan fingerprint density at radius 3 is 2.59 bits per heavy atom. The summed E-state index contributed by atoms with van der Waals surface area (Å²) >= 11 is 0. The highest BCUT2D eigenvalue weighted by Crippen LogP contribution is 2.56. The first kappa shape index (κ1) is 19.2. The summed E-state index contributed by atoms with van der Waals surface area (Å²) in [6.45, 7) is -0.624. The van der Waals surface area contributed by atoms with Crippen LogP contribution in [0.25, 0.3) is 22.3 Å². The Morgan fingerprint density at radius 2 is 1.93 bits per heavy atom. The van der Waals surface area contributed by atoms with Gasteiger partial charge in [-0.2, -0.15) is 18.3 Å². The van der Waals surface area contributed by atoms with Crippen molar-refractivity contribution in [3.63, 3.8) is 0 Å². The monoisotopic (exact) mass is 403 g/mol. The molecule has 4 rings (SSSR count). The van der Waals surface area contributed by atoms with Crippen molar-refractivity contribution in [3.8, 4) is 22.3 Å². The first-order valence-corrected chi connectivity index (χ1v) is 8.65. The number of carbonyl (C=O) groups excluding carboxylic acids is 1. The van der Waals surface area contributed by atoms with Crippen LogP contribution < -0.4 is 5.73 Å². The number of alkyl halides is 3. The lowest BCUT2D eigenvalue weighted by Crippen LogP contribution is -2.41. The summed E-state index contributed by atoms with van der Waals surface area (Å²) in [5.41, 5.74) is 2.83. The third kappa shape index (κ3) is 2.81. The molecule has 6 nitrogen and oxygen atoms in total. The molecule has 29 heavy (non-hydrogen) atoms. The number of nitrogens with zero attached hydrogens (tertiary/aromatic N) is 2. The molecule has 4 N–H and O–H groups in total. The van der Waals surface area contributed by atoms with Gasteiger partial charge in [0.05, 0.1) is 12.8 Å². The Balaban J connectivity index is 1.91. The fourth-order valence-electron chi connectivity index (χ4n) is 3.80. The molecule has 1 aliphatic rings. The van der Waals surface area contributed by atoms with Crippen molar-refractivity contribution >= 4 is 5.91 Å². The number of benzene rings is 2. The molecule has 0 aliphatic heterocycles. The topological polar surface area (TPSA) is 101 Å². The van der Waals surface area contributed by atoms with E-state index in [4.69, 9.17) is 5.73 Å². The maximum Gasteiger partial charge on any atom is 0.425 e. The smallest absolute Gasteiger partial charge is 0.392 e. The fourth-order valence-corrected chi connectivity index (χ4v) is 3.80. The first-order chi connectivity index (χ1) is 13.7. The Hall–Kier alpha value is -3.17. The summed E-state index contributed by atoms with van der Waals surface area (Å²) in [4.78, 5) is 11.0. The largest absolute Gasteiger partial charge is 0.425 e. The van der Waals surface area contributed by atoms with Crippen LogP contribution in [0, 0.1) is 0 Å². The van der Waals surface area contributed by atoms with Crippen LogP contribution in [0.2, 0.25) is 0 Å². The minimum Gasteiger partial charge on any atom is -0.392 e. The van der Waals surface area contributed by atoms with E-state index in [-0.39, 0.29) is 28.8 Å². The molecule has 0 saturated carbocycles. The van der Waals surface area contributed by atoms with Gasteiger partial charge in [0.1, 0.15) is 6.54 Å². The molecule has 0 spiro atoms. The zero-order chi connectivity index (χ0) is 21.0. The van der Waals surface area contributed by atoms with E-state index in [2.05, 4.69) is 5.10 Å². The number of aliphatic hydroxyl groups is 2. The minimum absolute atomic E-state index is 0.164. The van der Waals surface area contributed by atoms with E-state index in [1.807, 2.05) is 0 Å². The second-order valence-electron chi connectivity index (χ2n) is 6.86. The Labute approximate surface area is 163 Å². The third-order valence-electron chi connectivity index (χ3n) is 5.08. The maximum absolute atomic E-state index is 14.0. The van der Waals surface area contributed by atoms with E-state index < -0.39 is 24.3 Å². The van der Waals surface area contributed by atoms with E-state index in [0.29, 0.717) is 16.7 Å². The molecule has 1 aliphatic carbocycles. The molecule has 1 unspecified atom stereocenters. The van der Waals surface area contributed by atoms with Gasteiger partial charge in [0.2, 0.25) is 11.5 Å². The van der Waals surface area contributed by atoms with E-state index in [1.54, 1.807) is 6.07 Å². The van der Waals surface area contributed by atoms with Crippen LogP contribution >= 0.6 is 0 Å². The zero-order valence-corrected chi connectivity index (χ0v) is 14.9. The molecular weight excluding hydrogens is 387 g/mol. The number of primary amides is 1. The van der Waals surface area contributed by atoms with Gasteiger partial charge in [-0.25, -0.2) is 0 Å². The van der Waals surface area contributed by atoms with Gasteiger partial charge < -0.3 is 15.9 Å². The number of hydrogen-bond acceptors (Lipinski definition) is 4. The summed E-state index contributed by atoms with van der Waals surface area (Å²) < 4.78 is 43.4. The van der Waals surface area contributed by atoms with Gasteiger partial charge >= 0.3 is 6.18 Å². The van der Waals surface area contributed by atoms with Crippen LogP contribution in [0.5, 0.6) is 0 Å². The van der Waals surface area contributed by atoms with Crippen molar-refractivity contribution in [2.24, 2.45) is 5.73 Å². The predicted octanol–water partition coefficient (Wildman–Crippen LogP) is 2.31. The van der Waals surface area contributed by atoms with Crippen molar-refractivity contribution in [1.82, 2.24) is 9.78 Å². The number of hydrogen-bond donors (Lipinski definition) is 3. The van der Waals surface area contributed by atoms with Gasteiger partial charge in [0.15, 0.2) is 0 Å². The second-order valence-corrected chi connectivity index (χ2v) is 6.86. The molecule has 0 saturated heterocycles. The molecule has 150 valence electrons. The summed E-state index contributed by atoms with van der Waals surface area (Å²) in [6, 6.07) is 8.46. The molecule has 0 radical (unpaired) electrons. The van der Waals surface area contributed by atoms with E-state index >= 15 is 0 Å². The molecule has 3 aromatic rings. The molecule has 2 aromatic carbocycles.